The minimum absolute atomic E-state index is 0.453. The van der Waals surface area contributed by atoms with Crippen LogP contribution in [0.4, 0.5) is 0 Å². The van der Waals surface area contributed by atoms with Gasteiger partial charge < -0.3 is 10.5 Å². The Bertz CT molecular complexity index is 347. The molecule has 0 unspecified atom stereocenters. The van der Waals surface area contributed by atoms with Gasteiger partial charge in [-0.15, -0.1) is 0 Å². The highest BCUT2D eigenvalue weighted by atomic mass is 79.9. The van der Waals surface area contributed by atoms with Crippen LogP contribution in [0.2, 0.25) is 5.02 Å². The third kappa shape index (κ3) is 2.41. The Morgan fingerprint density at radius 2 is 2.00 bits per heavy atom. The zero-order chi connectivity index (χ0) is 10.9. The van der Waals surface area contributed by atoms with Crippen LogP contribution < -0.4 is 10.5 Å². The van der Waals surface area contributed by atoms with Gasteiger partial charge in [-0.25, -0.2) is 0 Å². The molecular formula is C10H13BrClNO. The van der Waals surface area contributed by atoms with E-state index in [9.17, 15) is 0 Å². The van der Waals surface area contributed by atoms with E-state index in [1.807, 2.05) is 19.9 Å². The molecule has 1 aromatic rings. The van der Waals surface area contributed by atoms with Crippen molar-refractivity contribution in [3.63, 3.8) is 0 Å². The van der Waals surface area contributed by atoms with Gasteiger partial charge in [0.05, 0.1) is 11.6 Å². The molecule has 0 radical (unpaired) electrons. The quantitative estimate of drug-likeness (QED) is 0.901. The molecule has 0 aliphatic heterocycles. The number of methoxy groups -OCH3 is 1. The lowest BCUT2D eigenvalue weighted by molar-refractivity contribution is 0.411. The maximum Gasteiger partial charge on any atom is 0.134 e. The Kier molecular flexibility index (Phi) is 3.45. The van der Waals surface area contributed by atoms with Crippen LogP contribution in [0.5, 0.6) is 5.75 Å². The maximum atomic E-state index is 6.08. The third-order valence-corrected chi connectivity index (χ3v) is 2.87. The zero-order valence-electron chi connectivity index (χ0n) is 8.40. The molecule has 0 saturated carbocycles. The van der Waals surface area contributed by atoms with Crippen LogP contribution in [0.15, 0.2) is 16.6 Å². The monoisotopic (exact) mass is 277 g/mol. The lowest BCUT2D eigenvalue weighted by atomic mass is 9.95. The molecule has 0 atom stereocenters. The second kappa shape index (κ2) is 4.09. The first-order valence-electron chi connectivity index (χ1n) is 4.18. The Hall–Kier alpha value is -0.250. The highest BCUT2D eigenvalue weighted by Crippen LogP contribution is 2.35. The van der Waals surface area contributed by atoms with Crippen LogP contribution in [0.25, 0.3) is 0 Å². The summed E-state index contributed by atoms with van der Waals surface area (Å²) in [4.78, 5) is 0. The summed E-state index contributed by atoms with van der Waals surface area (Å²) in [5.74, 6) is 0.711. The van der Waals surface area contributed by atoms with Gasteiger partial charge >= 0.3 is 0 Å². The molecule has 2 N–H and O–H groups in total. The molecule has 1 aromatic carbocycles. The summed E-state index contributed by atoms with van der Waals surface area (Å²) in [6.07, 6.45) is 0. The van der Waals surface area contributed by atoms with Crippen molar-refractivity contribution in [1.29, 1.82) is 0 Å². The van der Waals surface area contributed by atoms with Gasteiger partial charge in [-0.05, 0) is 41.4 Å². The van der Waals surface area contributed by atoms with E-state index in [2.05, 4.69) is 15.9 Å². The SMILES string of the molecule is COc1cc(Cl)c(C(C)(C)N)cc1Br. The Labute approximate surface area is 97.5 Å². The van der Waals surface area contributed by atoms with E-state index in [0.717, 1.165) is 10.0 Å². The van der Waals surface area contributed by atoms with Gasteiger partial charge in [-0.3, -0.25) is 0 Å². The number of nitrogens with two attached hydrogens (primary N) is 1. The first-order chi connectivity index (χ1) is 6.36. The maximum absolute atomic E-state index is 6.08. The summed E-state index contributed by atoms with van der Waals surface area (Å²) in [5, 5.41) is 0.623. The van der Waals surface area contributed by atoms with Crippen LogP contribution in [0, 0.1) is 0 Å². The molecule has 0 aromatic heterocycles. The Morgan fingerprint density at radius 1 is 1.43 bits per heavy atom. The molecule has 0 fully saturated rings. The van der Waals surface area contributed by atoms with Crippen molar-refractivity contribution in [2.24, 2.45) is 5.73 Å². The van der Waals surface area contributed by atoms with E-state index in [-0.39, 0.29) is 0 Å². The Morgan fingerprint density at radius 3 is 2.43 bits per heavy atom. The molecular weight excluding hydrogens is 265 g/mol. The zero-order valence-corrected chi connectivity index (χ0v) is 10.7. The topological polar surface area (TPSA) is 35.2 Å². The molecule has 78 valence electrons. The fraction of sp³-hybridized carbons (Fsp3) is 0.400. The minimum Gasteiger partial charge on any atom is -0.496 e. The molecule has 0 heterocycles. The van der Waals surface area contributed by atoms with E-state index >= 15 is 0 Å². The molecule has 0 saturated heterocycles. The first-order valence-corrected chi connectivity index (χ1v) is 5.35. The number of ether oxygens (including phenoxy) is 1. The third-order valence-electron chi connectivity index (χ3n) is 1.94. The molecule has 1 rings (SSSR count). The van der Waals surface area contributed by atoms with E-state index in [0.29, 0.717) is 10.8 Å². The van der Waals surface area contributed by atoms with Crippen molar-refractivity contribution in [2.45, 2.75) is 19.4 Å². The second-order valence-corrected chi connectivity index (χ2v) is 4.95. The average Bonchev–Trinajstić information content (AvgIpc) is 2.06. The predicted molar refractivity (Wildman–Crippen MR) is 62.9 cm³/mol. The molecule has 0 spiro atoms. The predicted octanol–water partition coefficient (Wildman–Crippen LogP) is 3.30. The molecule has 2 nitrogen and oxygen atoms in total. The summed E-state index contributed by atoms with van der Waals surface area (Å²) in [5.41, 5.74) is 6.41. The molecule has 14 heavy (non-hydrogen) atoms. The van der Waals surface area contributed by atoms with Crippen molar-refractivity contribution in [2.75, 3.05) is 7.11 Å². The van der Waals surface area contributed by atoms with Gasteiger partial charge in [0.2, 0.25) is 0 Å². The van der Waals surface area contributed by atoms with Gasteiger partial charge in [-0.1, -0.05) is 11.6 Å². The van der Waals surface area contributed by atoms with Crippen molar-refractivity contribution in [3.05, 3.63) is 27.2 Å². The summed E-state index contributed by atoms with van der Waals surface area (Å²) < 4.78 is 5.98. The normalized spacial score (nSPS) is 11.6. The summed E-state index contributed by atoms with van der Waals surface area (Å²) in [7, 11) is 1.60. The van der Waals surface area contributed by atoms with E-state index < -0.39 is 5.54 Å². The molecule has 0 aliphatic rings. The highest BCUT2D eigenvalue weighted by Gasteiger charge is 2.19. The molecule has 0 aliphatic carbocycles. The standard InChI is InChI=1S/C10H13BrClNO/c1-10(2,13)6-4-7(11)9(14-3)5-8(6)12/h4-5H,13H2,1-3H3. The first kappa shape index (κ1) is 11.8. The van der Waals surface area contributed by atoms with Crippen molar-refractivity contribution >= 4 is 27.5 Å². The summed E-state index contributed by atoms with van der Waals surface area (Å²) >= 11 is 9.48. The fourth-order valence-corrected chi connectivity index (χ4v) is 2.08. The molecule has 4 heteroatoms. The van der Waals surface area contributed by atoms with Gasteiger partial charge in [0.1, 0.15) is 5.75 Å². The molecule has 0 amide bonds. The summed E-state index contributed by atoms with van der Waals surface area (Å²) in [6.45, 7) is 3.82. The van der Waals surface area contributed by atoms with E-state index in [1.54, 1.807) is 13.2 Å². The fourth-order valence-electron chi connectivity index (χ4n) is 1.18. The summed E-state index contributed by atoms with van der Waals surface area (Å²) in [6, 6.07) is 3.65. The largest absolute Gasteiger partial charge is 0.496 e. The number of hydrogen-bond donors (Lipinski definition) is 1. The minimum atomic E-state index is -0.453. The Balaban J connectivity index is 3.29. The van der Waals surface area contributed by atoms with Crippen molar-refractivity contribution < 1.29 is 4.74 Å². The number of rotatable bonds is 2. The van der Waals surface area contributed by atoms with Crippen molar-refractivity contribution in [3.8, 4) is 5.75 Å². The van der Waals surface area contributed by atoms with Crippen LogP contribution in [-0.4, -0.2) is 7.11 Å². The van der Waals surface area contributed by atoms with Gasteiger partial charge in [0.15, 0.2) is 0 Å². The van der Waals surface area contributed by atoms with Crippen molar-refractivity contribution in [1.82, 2.24) is 0 Å². The van der Waals surface area contributed by atoms with Crippen LogP contribution in [-0.2, 0) is 5.54 Å². The van der Waals surface area contributed by atoms with Crippen LogP contribution in [0.3, 0.4) is 0 Å². The van der Waals surface area contributed by atoms with Crippen LogP contribution >= 0.6 is 27.5 Å². The average molecular weight is 279 g/mol. The van der Waals surface area contributed by atoms with Crippen LogP contribution in [0.1, 0.15) is 19.4 Å². The lowest BCUT2D eigenvalue weighted by Gasteiger charge is -2.21. The smallest absolute Gasteiger partial charge is 0.134 e. The molecule has 0 bridgehead atoms. The number of hydrogen-bond acceptors (Lipinski definition) is 2. The van der Waals surface area contributed by atoms with Gasteiger partial charge in [0.25, 0.3) is 0 Å². The number of halogens is 2. The van der Waals surface area contributed by atoms with Gasteiger partial charge in [0, 0.05) is 16.6 Å². The highest BCUT2D eigenvalue weighted by molar-refractivity contribution is 9.10. The second-order valence-electron chi connectivity index (χ2n) is 3.69. The van der Waals surface area contributed by atoms with E-state index in [4.69, 9.17) is 22.1 Å². The van der Waals surface area contributed by atoms with E-state index in [1.165, 1.54) is 0 Å². The lowest BCUT2D eigenvalue weighted by Crippen LogP contribution is -2.29. The number of benzene rings is 1. The van der Waals surface area contributed by atoms with Gasteiger partial charge in [-0.2, -0.15) is 0 Å².